The third kappa shape index (κ3) is 5.61. The molecule has 0 unspecified atom stereocenters. The van der Waals surface area contributed by atoms with E-state index in [2.05, 4.69) is 20.5 Å². The summed E-state index contributed by atoms with van der Waals surface area (Å²) in [4.78, 5) is 14.5. The molecule has 46 heavy (non-hydrogen) atoms. The standard InChI is InChI=1S/C24H16ClF10N5O5S/c1-3-40(20(10-36)6-7-20)19(41)12-8-11(4-5-13(12)25)15-9-14(38-44-15)17-16(21(26,27)28)18(37-39(17)2)45-46(42,43)22(29,23(30,31)32)24(33,34)35/h4-5,8-9H,3,6-7H2,1-2H3. The molecule has 0 radical (unpaired) electrons. The minimum atomic E-state index is -7.64. The third-order valence-electron chi connectivity index (χ3n) is 6.80. The van der Waals surface area contributed by atoms with Gasteiger partial charge in [-0.2, -0.15) is 53.2 Å². The molecule has 0 bridgehead atoms. The highest BCUT2D eigenvalue weighted by Gasteiger charge is 2.82. The van der Waals surface area contributed by atoms with E-state index in [9.17, 15) is 62.4 Å². The van der Waals surface area contributed by atoms with Crippen molar-refractivity contribution in [2.75, 3.05) is 6.54 Å². The third-order valence-corrected chi connectivity index (χ3v) is 8.66. The van der Waals surface area contributed by atoms with E-state index in [1.807, 2.05) is 0 Å². The largest absolute Gasteiger partial charge is 0.450 e. The van der Waals surface area contributed by atoms with Crippen LogP contribution in [0.4, 0.5) is 43.9 Å². The second-order valence-electron chi connectivity index (χ2n) is 9.74. The number of benzene rings is 1. The molecule has 1 aromatic carbocycles. The highest BCUT2D eigenvalue weighted by Crippen LogP contribution is 2.52. The highest BCUT2D eigenvalue weighted by atomic mass is 35.5. The average molecular weight is 712 g/mol. The SMILES string of the molecule is CCN(C(=O)c1cc(-c2cc(-c3c(C(F)(F)F)c(OS(=O)(=O)C(F)(C(F)(F)F)C(F)(F)F)nn3C)no2)ccc1Cl)C1(C#N)CC1. The molecule has 0 saturated heterocycles. The summed E-state index contributed by atoms with van der Waals surface area (Å²) in [7, 11) is -6.97. The van der Waals surface area contributed by atoms with E-state index < -0.39 is 67.9 Å². The second kappa shape index (κ2) is 11.0. The lowest BCUT2D eigenvalue weighted by molar-refractivity contribution is -0.307. The number of aryl methyl sites for hydroxylation is 1. The molecule has 0 aliphatic heterocycles. The minimum absolute atomic E-state index is 0.0169. The van der Waals surface area contributed by atoms with Crippen LogP contribution in [0, 0.1) is 11.3 Å². The number of hydrogen-bond acceptors (Lipinski definition) is 8. The maximum atomic E-state index is 14.2. The van der Waals surface area contributed by atoms with Crippen LogP contribution < -0.4 is 4.18 Å². The molecule has 0 N–H and O–H groups in total. The molecule has 2 aromatic heterocycles. The van der Waals surface area contributed by atoms with E-state index in [1.54, 1.807) is 6.92 Å². The molecule has 2 heterocycles. The van der Waals surface area contributed by atoms with Gasteiger partial charge in [0, 0.05) is 25.2 Å². The molecule has 1 saturated carbocycles. The summed E-state index contributed by atoms with van der Waals surface area (Å²) >= 11 is 6.19. The Morgan fingerprint density at radius 2 is 1.70 bits per heavy atom. The predicted octanol–water partition coefficient (Wildman–Crippen LogP) is 6.43. The summed E-state index contributed by atoms with van der Waals surface area (Å²) in [6.45, 7) is 1.74. The maximum absolute atomic E-state index is 14.2. The van der Waals surface area contributed by atoms with E-state index in [0.29, 0.717) is 19.9 Å². The first kappa shape index (κ1) is 34.8. The number of carbonyl (C=O) groups is 1. The van der Waals surface area contributed by atoms with Gasteiger partial charge < -0.3 is 13.6 Å². The number of amides is 1. The van der Waals surface area contributed by atoms with E-state index in [4.69, 9.17) is 16.1 Å². The van der Waals surface area contributed by atoms with Crippen molar-refractivity contribution in [2.45, 2.75) is 48.8 Å². The molecular formula is C24H16ClF10N5O5S. The Bertz CT molecular complexity index is 1820. The number of hydrogen-bond donors (Lipinski definition) is 0. The van der Waals surface area contributed by atoms with Gasteiger partial charge in [-0.05, 0) is 38.0 Å². The Morgan fingerprint density at radius 3 is 2.17 bits per heavy atom. The lowest BCUT2D eigenvalue weighted by Crippen LogP contribution is -2.60. The van der Waals surface area contributed by atoms with Crippen molar-refractivity contribution < 1.29 is 65.8 Å². The molecule has 1 amide bonds. The summed E-state index contributed by atoms with van der Waals surface area (Å²) in [5.74, 6) is -3.40. The normalized spacial score (nSPS) is 15.4. The number of carbonyl (C=O) groups excluding carboxylic acids is 1. The van der Waals surface area contributed by atoms with Crippen LogP contribution in [0.3, 0.4) is 0 Å². The molecule has 1 aliphatic carbocycles. The Hall–Kier alpha value is -4.06. The van der Waals surface area contributed by atoms with Gasteiger partial charge in [0.15, 0.2) is 5.76 Å². The fourth-order valence-electron chi connectivity index (χ4n) is 4.42. The number of aromatic nitrogens is 3. The summed E-state index contributed by atoms with van der Waals surface area (Å²) in [5, 5.41) is 8.61. The molecule has 0 atom stereocenters. The summed E-state index contributed by atoms with van der Waals surface area (Å²) in [5.41, 5.74) is -5.67. The van der Waals surface area contributed by atoms with Gasteiger partial charge in [-0.1, -0.05) is 16.8 Å². The van der Waals surface area contributed by atoms with Crippen LogP contribution in [0.15, 0.2) is 28.8 Å². The zero-order valence-electron chi connectivity index (χ0n) is 22.8. The van der Waals surface area contributed by atoms with Crippen LogP contribution in [-0.4, -0.2) is 63.6 Å². The lowest BCUT2D eigenvalue weighted by atomic mass is 10.1. The van der Waals surface area contributed by atoms with Crippen LogP contribution in [0.5, 0.6) is 5.88 Å². The van der Waals surface area contributed by atoms with Gasteiger partial charge in [0.1, 0.15) is 22.5 Å². The molecule has 1 aliphatic rings. The van der Waals surface area contributed by atoms with Crippen molar-refractivity contribution in [3.8, 4) is 34.7 Å². The molecule has 0 spiro atoms. The average Bonchev–Trinajstić information content (AvgIpc) is 3.41. The van der Waals surface area contributed by atoms with Crippen LogP contribution >= 0.6 is 11.6 Å². The number of alkyl halides is 10. The van der Waals surface area contributed by atoms with Gasteiger partial charge in [0.2, 0.25) is 0 Å². The van der Waals surface area contributed by atoms with Gasteiger partial charge >= 0.3 is 33.6 Å². The molecule has 1 fully saturated rings. The van der Waals surface area contributed by atoms with E-state index in [0.717, 1.165) is 12.1 Å². The van der Waals surface area contributed by atoms with Crippen LogP contribution in [0.2, 0.25) is 5.02 Å². The Morgan fingerprint density at radius 1 is 1.11 bits per heavy atom. The first-order chi connectivity index (χ1) is 21.0. The Kier molecular flexibility index (Phi) is 8.35. The fraction of sp³-hybridized carbons (Fsp3) is 0.417. The summed E-state index contributed by atoms with van der Waals surface area (Å²) < 4.78 is 167. The smallest absolute Gasteiger partial charge is 0.357 e. The number of rotatable bonds is 8. The van der Waals surface area contributed by atoms with E-state index in [-0.39, 0.29) is 33.1 Å². The number of nitrogens with zero attached hydrogens (tertiary/aromatic N) is 5. The van der Waals surface area contributed by atoms with Crippen molar-refractivity contribution in [1.29, 1.82) is 5.26 Å². The highest BCUT2D eigenvalue weighted by molar-refractivity contribution is 7.88. The minimum Gasteiger partial charge on any atom is -0.357 e. The number of nitriles is 1. The topological polar surface area (TPSA) is 131 Å². The van der Waals surface area contributed by atoms with Crippen LogP contribution in [-0.2, 0) is 23.3 Å². The van der Waals surface area contributed by atoms with Crippen molar-refractivity contribution in [3.05, 3.63) is 40.4 Å². The Labute approximate surface area is 256 Å². The van der Waals surface area contributed by atoms with E-state index in [1.165, 1.54) is 17.0 Å². The molecule has 22 heteroatoms. The van der Waals surface area contributed by atoms with Crippen molar-refractivity contribution in [1.82, 2.24) is 19.8 Å². The van der Waals surface area contributed by atoms with Gasteiger partial charge in [-0.25, -0.2) is 4.39 Å². The number of halogens is 11. The zero-order chi connectivity index (χ0) is 34.8. The van der Waals surface area contributed by atoms with Gasteiger partial charge in [-0.3, -0.25) is 9.48 Å². The van der Waals surface area contributed by atoms with Gasteiger partial charge in [0.05, 0.1) is 16.7 Å². The Balaban J connectivity index is 1.79. The van der Waals surface area contributed by atoms with Crippen LogP contribution in [0.1, 0.15) is 35.7 Å². The molecular weight excluding hydrogens is 696 g/mol. The molecule has 250 valence electrons. The predicted molar refractivity (Wildman–Crippen MR) is 134 cm³/mol. The van der Waals surface area contributed by atoms with E-state index >= 15 is 0 Å². The summed E-state index contributed by atoms with van der Waals surface area (Å²) in [6, 6.07) is 6.47. The molecule has 3 aromatic rings. The monoisotopic (exact) mass is 711 g/mol. The van der Waals surface area contributed by atoms with Gasteiger partial charge in [-0.15, -0.1) is 5.10 Å². The molecule has 10 nitrogen and oxygen atoms in total. The van der Waals surface area contributed by atoms with Crippen molar-refractivity contribution >= 4 is 27.6 Å². The molecule has 4 rings (SSSR count). The summed E-state index contributed by atoms with van der Waals surface area (Å²) in [6.07, 6.45) is -19.4. The van der Waals surface area contributed by atoms with Crippen LogP contribution in [0.25, 0.3) is 22.7 Å². The quantitative estimate of drug-likeness (QED) is 0.193. The fourth-order valence-corrected chi connectivity index (χ4v) is 5.63. The van der Waals surface area contributed by atoms with Crippen molar-refractivity contribution in [2.24, 2.45) is 7.05 Å². The second-order valence-corrected chi connectivity index (χ2v) is 11.8. The lowest BCUT2D eigenvalue weighted by Gasteiger charge is -2.28. The first-order valence-electron chi connectivity index (χ1n) is 12.4. The van der Waals surface area contributed by atoms with Gasteiger partial charge in [0.25, 0.3) is 11.8 Å². The first-order valence-corrected chi connectivity index (χ1v) is 14.1. The maximum Gasteiger partial charge on any atom is 0.450 e. The van der Waals surface area contributed by atoms with Crippen molar-refractivity contribution in [3.63, 3.8) is 0 Å². The zero-order valence-corrected chi connectivity index (χ0v) is 24.3.